The van der Waals surface area contributed by atoms with Gasteiger partial charge in [-0.3, -0.25) is 4.57 Å². The van der Waals surface area contributed by atoms with E-state index in [-0.39, 0.29) is 0 Å². The third kappa shape index (κ3) is 4.62. The Morgan fingerprint density at radius 3 is 2.04 bits per heavy atom. The van der Waals surface area contributed by atoms with Gasteiger partial charge in [0.15, 0.2) is 5.82 Å². The molecule has 0 amide bonds. The van der Waals surface area contributed by atoms with Gasteiger partial charge in [-0.15, -0.1) is 0 Å². The highest BCUT2D eigenvalue weighted by atomic mass is 15.2. The Labute approximate surface area is 310 Å². The lowest BCUT2D eigenvalue weighted by molar-refractivity contribution is 0.968. The van der Waals surface area contributed by atoms with E-state index in [9.17, 15) is 0 Å². The van der Waals surface area contributed by atoms with Gasteiger partial charge < -0.3 is 4.57 Å². The number of nitrogens with zero attached hydrogens (tertiary/aromatic N) is 6. The zero-order valence-corrected chi connectivity index (χ0v) is 29.1. The molecule has 54 heavy (non-hydrogen) atoms. The molecule has 0 N–H and O–H groups in total. The molecule has 0 saturated carbocycles. The molecular weight excluding hydrogens is 661 g/mol. The maximum atomic E-state index is 5.43. The average Bonchev–Trinajstić information content (AvgIpc) is 3.77. The molecule has 2 aliphatic carbocycles. The number of rotatable bonds is 5. The van der Waals surface area contributed by atoms with Gasteiger partial charge in [0, 0.05) is 44.2 Å². The first kappa shape index (κ1) is 30.3. The van der Waals surface area contributed by atoms with Crippen LogP contribution in [0.1, 0.15) is 23.4 Å². The maximum Gasteiger partial charge on any atom is 0.236 e. The monoisotopic (exact) mass is 690 g/mol. The van der Waals surface area contributed by atoms with Crippen LogP contribution in [-0.4, -0.2) is 29.1 Å². The zero-order valence-electron chi connectivity index (χ0n) is 29.1. The van der Waals surface area contributed by atoms with E-state index in [2.05, 4.69) is 112 Å². The van der Waals surface area contributed by atoms with Crippen molar-refractivity contribution in [3.63, 3.8) is 0 Å². The van der Waals surface area contributed by atoms with Gasteiger partial charge in [-0.25, -0.2) is 19.9 Å². The number of aryl methyl sites for hydroxylation is 1. The summed E-state index contributed by atoms with van der Waals surface area (Å²) in [5, 5.41) is 3.65. The number of para-hydroxylation sites is 2. The maximum absolute atomic E-state index is 5.43. The third-order valence-corrected chi connectivity index (χ3v) is 10.5. The normalized spacial score (nSPS) is 13.4. The summed E-state index contributed by atoms with van der Waals surface area (Å²) in [4.78, 5) is 21.3. The number of benzene rings is 5. The Hall–Kier alpha value is -7.36. The molecule has 0 unspecified atom stereocenters. The first-order valence-corrected chi connectivity index (χ1v) is 18.2. The standard InChI is InChI=1S/C48H30N6/c1-5-17-31(18-6-1)43-46-45(50-47(49-43)33-21-9-3-10-22-33)44(32-19-7-2-8-20-32)51-48(52-46)54-38-28-16-14-26-36(38)42-40(54)30-29-39-41(42)35-25-13-15-27-37(35)53(39)34-23-11-4-12-24-34/h2-5,7-12,14-24,26-30H,13,25H2. The predicted octanol–water partition coefficient (Wildman–Crippen LogP) is 11.0. The summed E-state index contributed by atoms with van der Waals surface area (Å²) in [5.74, 6) is 1.17. The van der Waals surface area contributed by atoms with Gasteiger partial charge in [0.2, 0.25) is 5.95 Å². The number of aromatic nitrogens is 6. The van der Waals surface area contributed by atoms with Crippen LogP contribution in [0, 0.1) is 0 Å². The van der Waals surface area contributed by atoms with E-state index in [4.69, 9.17) is 19.9 Å². The van der Waals surface area contributed by atoms with E-state index < -0.39 is 0 Å². The Morgan fingerprint density at radius 2 is 1.26 bits per heavy atom. The van der Waals surface area contributed by atoms with Gasteiger partial charge in [-0.1, -0.05) is 115 Å². The molecule has 4 aromatic heterocycles. The van der Waals surface area contributed by atoms with Crippen LogP contribution in [0.2, 0.25) is 0 Å². The molecule has 0 aliphatic heterocycles. The molecule has 6 heteroatoms. The van der Waals surface area contributed by atoms with Crippen molar-refractivity contribution < 1.29 is 0 Å². The highest BCUT2D eigenvalue weighted by Crippen LogP contribution is 2.43. The fourth-order valence-electron chi connectivity index (χ4n) is 8.17. The number of fused-ring (bicyclic) bond motifs is 8. The summed E-state index contributed by atoms with van der Waals surface area (Å²) in [6, 6.07) is 44.2. The Bertz CT molecular complexity index is 3150. The lowest BCUT2D eigenvalue weighted by Crippen LogP contribution is -2.07. The Morgan fingerprint density at radius 1 is 0.556 bits per heavy atom. The summed E-state index contributed by atoms with van der Waals surface area (Å²) < 4.78 is 4.63. The van der Waals surface area contributed by atoms with Gasteiger partial charge in [0.05, 0.1) is 16.6 Å². The minimum Gasteiger partial charge on any atom is -0.310 e. The summed E-state index contributed by atoms with van der Waals surface area (Å²) >= 11 is 0. The van der Waals surface area contributed by atoms with Crippen molar-refractivity contribution in [1.82, 2.24) is 29.1 Å². The molecule has 0 radical (unpaired) electrons. The molecule has 252 valence electrons. The fourth-order valence-corrected chi connectivity index (χ4v) is 8.17. The molecule has 11 rings (SSSR count). The number of hydrogen-bond donors (Lipinski definition) is 0. The van der Waals surface area contributed by atoms with Gasteiger partial charge in [-0.05, 0) is 73.0 Å². The van der Waals surface area contributed by atoms with Gasteiger partial charge in [-0.2, -0.15) is 0 Å². The van der Waals surface area contributed by atoms with Crippen molar-refractivity contribution in [2.24, 2.45) is 0 Å². The van der Waals surface area contributed by atoms with Crippen LogP contribution >= 0.6 is 0 Å². The first-order chi connectivity index (χ1) is 26.8. The minimum atomic E-state index is 0.562. The van der Waals surface area contributed by atoms with Crippen LogP contribution in [0.25, 0.3) is 89.7 Å². The van der Waals surface area contributed by atoms with E-state index >= 15 is 0 Å². The van der Waals surface area contributed by atoms with Crippen LogP contribution in [0.15, 0.2) is 163 Å². The van der Waals surface area contributed by atoms with E-state index in [1.54, 1.807) is 0 Å². The smallest absolute Gasteiger partial charge is 0.236 e. The third-order valence-electron chi connectivity index (χ3n) is 10.5. The summed E-state index contributed by atoms with van der Waals surface area (Å²) in [7, 11) is 0. The highest BCUT2D eigenvalue weighted by Gasteiger charge is 2.26. The van der Waals surface area contributed by atoms with Crippen molar-refractivity contribution in [2.75, 3.05) is 0 Å². The lowest BCUT2D eigenvalue weighted by Gasteiger charge is -2.15. The fraction of sp³-hybridized carbons (Fsp3) is 0.0417. The van der Waals surface area contributed by atoms with E-state index in [1.165, 1.54) is 27.5 Å². The SMILES string of the molecule is C1=C=CC(c2nc(-c3ccccc3)nc3c(-c4ccccc4)nc(-n4c5ccccc5c5c6c7c(n(-c8ccccc8)c6ccc54)C=CCC7)nc23)=CC=1. The zero-order chi connectivity index (χ0) is 35.6. The van der Waals surface area contributed by atoms with Gasteiger partial charge in [0.1, 0.15) is 22.4 Å². The highest BCUT2D eigenvalue weighted by molar-refractivity contribution is 6.22. The van der Waals surface area contributed by atoms with E-state index in [1.807, 2.05) is 66.8 Å². The number of allylic oxidation sites excluding steroid dienone is 5. The molecule has 0 bridgehead atoms. The molecule has 5 aromatic carbocycles. The van der Waals surface area contributed by atoms with Crippen LogP contribution < -0.4 is 0 Å². The summed E-state index contributed by atoms with van der Waals surface area (Å²) in [6.07, 6.45) is 12.3. The summed E-state index contributed by atoms with van der Waals surface area (Å²) in [6.45, 7) is 0. The number of hydrogen-bond acceptors (Lipinski definition) is 4. The minimum absolute atomic E-state index is 0.562. The summed E-state index contributed by atoms with van der Waals surface area (Å²) in [5.41, 5.74) is 18.8. The second-order valence-corrected chi connectivity index (χ2v) is 13.6. The Kier molecular flexibility index (Phi) is 6.79. The molecular formula is C48H30N6. The van der Waals surface area contributed by atoms with Crippen LogP contribution in [0.4, 0.5) is 0 Å². The second kappa shape index (κ2) is 12.1. The molecule has 0 saturated heterocycles. The Balaban J connectivity index is 1.27. The van der Waals surface area contributed by atoms with Gasteiger partial charge >= 0.3 is 0 Å². The van der Waals surface area contributed by atoms with E-state index in [0.717, 1.165) is 57.3 Å². The quantitative estimate of drug-likeness (QED) is 0.169. The predicted molar refractivity (Wildman–Crippen MR) is 219 cm³/mol. The molecule has 0 spiro atoms. The molecule has 0 atom stereocenters. The first-order valence-electron chi connectivity index (χ1n) is 18.2. The van der Waals surface area contributed by atoms with Crippen molar-refractivity contribution in [2.45, 2.75) is 12.8 Å². The largest absolute Gasteiger partial charge is 0.310 e. The molecule has 2 aliphatic rings. The van der Waals surface area contributed by atoms with Crippen LogP contribution in [-0.2, 0) is 6.42 Å². The van der Waals surface area contributed by atoms with Crippen molar-refractivity contribution >= 4 is 55.4 Å². The topological polar surface area (TPSA) is 61.4 Å². The lowest BCUT2D eigenvalue weighted by atomic mass is 9.98. The van der Waals surface area contributed by atoms with Crippen molar-refractivity contribution in [3.8, 4) is 34.3 Å². The molecule has 4 heterocycles. The molecule has 9 aromatic rings. The average molecular weight is 691 g/mol. The van der Waals surface area contributed by atoms with Crippen molar-refractivity contribution in [3.05, 3.63) is 180 Å². The van der Waals surface area contributed by atoms with Crippen molar-refractivity contribution in [1.29, 1.82) is 0 Å². The van der Waals surface area contributed by atoms with E-state index in [0.29, 0.717) is 28.5 Å². The van der Waals surface area contributed by atoms with Crippen LogP contribution in [0.5, 0.6) is 0 Å². The molecule has 0 fully saturated rings. The van der Waals surface area contributed by atoms with Gasteiger partial charge in [0.25, 0.3) is 0 Å². The molecule has 6 nitrogen and oxygen atoms in total. The second-order valence-electron chi connectivity index (χ2n) is 13.6. The van der Waals surface area contributed by atoms with Crippen LogP contribution in [0.3, 0.4) is 0 Å².